The van der Waals surface area contributed by atoms with E-state index in [0.717, 1.165) is 19.5 Å². The van der Waals surface area contributed by atoms with Crippen LogP contribution >= 0.6 is 0 Å². The topological polar surface area (TPSA) is 77.5 Å². The Balaban J connectivity index is 1.76. The number of rotatable bonds is 11. The Bertz CT molecular complexity index is 966. The minimum absolute atomic E-state index is 0.242. The van der Waals surface area contributed by atoms with Crippen LogP contribution in [0.2, 0.25) is 6.32 Å². The third-order valence-electron chi connectivity index (χ3n) is 8.29. The number of carbonyl (C=O) groups excluding carboxylic acids is 2. The van der Waals surface area contributed by atoms with E-state index in [9.17, 15) is 9.59 Å². The van der Waals surface area contributed by atoms with Crippen molar-refractivity contribution in [1.82, 2.24) is 9.80 Å². The zero-order valence-corrected chi connectivity index (χ0v) is 25.6. The van der Waals surface area contributed by atoms with Gasteiger partial charge in [0.15, 0.2) is 0 Å². The minimum Gasteiger partial charge on any atom is -0.464 e. The van der Waals surface area contributed by atoms with Crippen molar-refractivity contribution in [3.63, 3.8) is 0 Å². The van der Waals surface area contributed by atoms with Crippen LogP contribution in [0.3, 0.4) is 0 Å². The fourth-order valence-electron chi connectivity index (χ4n) is 5.29. The molecule has 1 aromatic carbocycles. The van der Waals surface area contributed by atoms with E-state index in [1.165, 1.54) is 16.0 Å². The van der Waals surface area contributed by atoms with Gasteiger partial charge in [0, 0.05) is 26.7 Å². The number of benzene rings is 1. The highest BCUT2D eigenvalue weighted by Gasteiger charge is 2.51. The van der Waals surface area contributed by atoms with Gasteiger partial charge in [0.1, 0.15) is 11.1 Å². The molecule has 218 valence electrons. The number of hydrogen-bond donors (Lipinski definition) is 0. The predicted octanol–water partition coefficient (Wildman–Crippen LogP) is 5.82. The molecule has 3 rings (SSSR count). The van der Waals surface area contributed by atoms with Crippen molar-refractivity contribution < 1.29 is 28.4 Å². The van der Waals surface area contributed by atoms with Crippen molar-refractivity contribution >= 4 is 19.2 Å². The summed E-state index contributed by atoms with van der Waals surface area (Å²) in [7, 11) is 1.37. The molecule has 2 aliphatic heterocycles. The summed E-state index contributed by atoms with van der Waals surface area (Å²) < 4.78 is 23.7. The Morgan fingerprint density at radius 3 is 2.08 bits per heavy atom. The lowest BCUT2D eigenvalue weighted by Gasteiger charge is -2.41. The van der Waals surface area contributed by atoms with Crippen LogP contribution in [-0.2, 0) is 36.7 Å². The minimum atomic E-state index is -1.15. The molecule has 1 amide bonds. The first-order valence-electron chi connectivity index (χ1n) is 14.4. The third-order valence-corrected chi connectivity index (χ3v) is 8.29. The second kappa shape index (κ2) is 12.2. The lowest BCUT2D eigenvalue weighted by molar-refractivity contribution is -0.158. The summed E-state index contributed by atoms with van der Waals surface area (Å²) in [6.07, 6.45) is 2.59. The summed E-state index contributed by atoms with van der Waals surface area (Å²) in [5.41, 5.74) is 0.0271. The number of carbonyl (C=O) groups is 2. The molecule has 9 heteroatoms. The zero-order chi connectivity index (χ0) is 29.1. The van der Waals surface area contributed by atoms with E-state index in [4.69, 9.17) is 18.8 Å². The summed E-state index contributed by atoms with van der Waals surface area (Å²) in [4.78, 5) is 30.8. The molecule has 2 aliphatic rings. The number of nitrogens with zero attached hydrogens (tertiary/aromatic N) is 2. The van der Waals surface area contributed by atoms with E-state index >= 15 is 0 Å². The number of esters is 1. The maximum absolute atomic E-state index is 13.7. The molecule has 0 saturated carbocycles. The number of unbranched alkanes of at least 4 members (excludes halogenated alkanes) is 1. The average Bonchev–Trinajstić information content (AvgIpc) is 3.33. The van der Waals surface area contributed by atoms with Crippen molar-refractivity contribution in [3.05, 3.63) is 35.4 Å². The molecule has 0 spiro atoms. The van der Waals surface area contributed by atoms with E-state index in [-0.39, 0.29) is 30.9 Å². The number of hydrogen-bond acceptors (Lipinski definition) is 7. The Morgan fingerprint density at radius 1 is 1.00 bits per heavy atom. The van der Waals surface area contributed by atoms with Gasteiger partial charge in [-0.15, -0.1) is 0 Å². The van der Waals surface area contributed by atoms with Gasteiger partial charge < -0.3 is 18.8 Å². The van der Waals surface area contributed by atoms with Crippen molar-refractivity contribution in [2.75, 3.05) is 20.2 Å². The van der Waals surface area contributed by atoms with Crippen molar-refractivity contribution in [1.29, 1.82) is 0 Å². The Morgan fingerprint density at radius 2 is 1.56 bits per heavy atom. The largest absolute Gasteiger partial charge is 0.464 e. The molecule has 0 radical (unpaired) electrons. The molecule has 1 fully saturated rings. The first kappa shape index (κ1) is 31.4. The first-order chi connectivity index (χ1) is 18.1. The molecule has 0 bridgehead atoms. The van der Waals surface area contributed by atoms with Crippen LogP contribution in [0, 0.1) is 0 Å². The van der Waals surface area contributed by atoms with Crippen molar-refractivity contribution in [2.24, 2.45) is 0 Å². The van der Waals surface area contributed by atoms with Gasteiger partial charge in [0.05, 0.1) is 17.8 Å². The summed E-state index contributed by atoms with van der Waals surface area (Å²) in [5, 5.41) is 0. The predicted molar refractivity (Wildman–Crippen MR) is 153 cm³/mol. The van der Waals surface area contributed by atoms with Gasteiger partial charge >= 0.3 is 19.2 Å². The Hall–Kier alpha value is -2.10. The Labute approximate surface area is 235 Å². The van der Waals surface area contributed by atoms with Crippen LogP contribution in [0.25, 0.3) is 0 Å². The summed E-state index contributed by atoms with van der Waals surface area (Å²) >= 11 is 0. The summed E-state index contributed by atoms with van der Waals surface area (Å²) in [6, 6.07) is 8.41. The standard InChI is InChI=1S/C30H49BN2O6/c1-10-36-25(34)30(32(9)26(35)37-27(2,3)4,18-20-33-21-23-15-11-12-16-24(23)22-33)17-13-14-19-31-38-28(5,6)29(7,8)39-31/h11-12,15-16H,10,13-14,17-22H2,1-9H3. The molecule has 1 atom stereocenters. The highest BCUT2D eigenvalue weighted by molar-refractivity contribution is 6.45. The zero-order valence-electron chi connectivity index (χ0n) is 25.6. The Kier molecular flexibility index (Phi) is 9.82. The van der Waals surface area contributed by atoms with Crippen molar-refractivity contribution in [3.8, 4) is 0 Å². The summed E-state index contributed by atoms with van der Waals surface area (Å²) in [5.74, 6) is -0.384. The highest BCUT2D eigenvalue weighted by Crippen LogP contribution is 2.39. The first-order valence-corrected chi connectivity index (χ1v) is 14.4. The average molecular weight is 545 g/mol. The van der Waals surface area contributed by atoms with E-state index in [1.807, 2.05) is 48.5 Å². The number of likely N-dealkylation sites (N-methyl/N-ethyl adjacent to an activating group) is 1. The maximum Gasteiger partial charge on any atom is 0.457 e. The molecule has 0 N–H and O–H groups in total. The second-order valence-corrected chi connectivity index (χ2v) is 13.0. The van der Waals surface area contributed by atoms with Crippen LogP contribution in [0.5, 0.6) is 0 Å². The van der Waals surface area contributed by atoms with Crippen LogP contribution in [-0.4, -0.2) is 71.5 Å². The third kappa shape index (κ3) is 7.56. The van der Waals surface area contributed by atoms with Crippen LogP contribution < -0.4 is 0 Å². The van der Waals surface area contributed by atoms with Gasteiger partial charge in [-0.25, -0.2) is 9.59 Å². The van der Waals surface area contributed by atoms with Gasteiger partial charge in [-0.05, 0) is 85.7 Å². The molecular weight excluding hydrogens is 495 g/mol. The lowest BCUT2D eigenvalue weighted by atomic mass is 9.80. The fourth-order valence-corrected chi connectivity index (χ4v) is 5.29. The molecule has 1 unspecified atom stereocenters. The second-order valence-electron chi connectivity index (χ2n) is 13.0. The van der Waals surface area contributed by atoms with Crippen LogP contribution in [0.1, 0.15) is 92.2 Å². The fraction of sp³-hybridized carbons (Fsp3) is 0.733. The number of fused-ring (bicyclic) bond motifs is 1. The molecule has 0 aliphatic carbocycles. The molecular formula is C30H49BN2O6. The monoisotopic (exact) mass is 544 g/mol. The normalized spacial score (nSPS) is 19.9. The van der Waals surface area contributed by atoms with Crippen molar-refractivity contribution in [2.45, 2.75) is 123 Å². The van der Waals surface area contributed by atoms with Gasteiger partial charge in [0.2, 0.25) is 0 Å². The molecule has 1 aromatic rings. The van der Waals surface area contributed by atoms with Gasteiger partial charge in [-0.2, -0.15) is 0 Å². The molecule has 39 heavy (non-hydrogen) atoms. The molecule has 0 aromatic heterocycles. The smallest absolute Gasteiger partial charge is 0.457 e. The van der Waals surface area contributed by atoms with E-state index in [1.54, 1.807) is 14.0 Å². The summed E-state index contributed by atoms with van der Waals surface area (Å²) in [6.45, 7) is 18.0. The van der Waals surface area contributed by atoms with Crippen LogP contribution in [0.15, 0.2) is 24.3 Å². The maximum atomic E-state index is 13.7. The van der Waals surface area contributed by atoms with E-state index in [2.05, 4.69) is 29.2 Å². The van der Waals surface area contributed by atoms with Gasteiger partial charge in [-0.3, -0.25) is 9.80 Å². The molecule has 1 saturated heterocycles. The van der Waals surface area contributed by atoms with Gasteiger partial charge in [0.25, 0.3) is 0 Å². The van der Waals surface area contributed by atoms with E-state index < -0.39 is 17.2 Å². The van der Waals surface area contributed by atoms with Crippen LogP contribution in [0.4, 0.5) is 4.79 Å². The molecule has 2 heterocycles. The SMILES string of the molecule is CCOC(=O)C(CCCCB1OC(C)(C)C(C)(C)O1)(CCN1Cc2ccccc2C1)N(C)C(=O)OC(C)(C)C. The van der Waals surface area contributed by atoms with E-state index in [0.29, 0.717) is 32.1 Å². The number of amides is 1. The molecule has 8 nitrogen and oxygen atoms in total. The van der Waals surface area contributed by atoms with Gasteiger partial charge in [-0.1, -0.05) is 37.1 Å². The lowest BCUT2D eigenvalue weighted by Crippen LogP contribution is -2.58. The quantitative estimate of drug-likeness (QED) is 0.197. The number of ether oxygens (including phenoxy) is 2. The highest BCUT2D eigenvalue weighted by atomic mass is 16.7.